The van der Waals surface area contributed by atoms with Crippen LogP contribution in [0.1, 0.15) is 12.5 Å². The number of fused-ring (bicyclic) bond motifs is 1. The number of rotatable bonds is 1. The monoisotopic (exact) mass is 197 g/mol. The minimum Gasteiger partial charge on any atom is -0.507 e. The third-order valence-corrected chi connectivity index (χ3v) is 2.16. The summed E-state index contributed by atoms with van der Waals surface area (Å²) in [5.74, 6) is -3.07. The van der Waals surface area contributed by atoms with Gasteiger partial charge in [0, 0.05) is 24.2 Å². The second-order valence-electron chi connectivity index (χ2n) is 3.29. The predicted octanol–water partition coefficient (Wildman–Crippen LogP) is 2.99. The summed E-state index contributed by atoms with van der Waals surface area (Å²) in [5.41, 5.74) is 0.340. The standard InChI is InChI=1S/C10H9F2NO/c1-10(11,12)6-5-13-7-3-2-4-8(14)9(6)7/h2-5,13-14H,1H3. The molecule has 14 heavy (non-hydrogen) atoms. The SMILES string of the molecule is CC(F)(F)c1c[nH]c2cccc(O)c12. The Balaban J connectivity index is 2.80. The van der Waals surface area contributed by atoms with Gasteiger partial charge >= 0.3 is 0 Å². The van der Waals surface area contributed by atoms with Crippen LogP contribution in [-0.4, -0.2) is 10.1 Å². The third kappa shape index (κ3) is 1.23. The molecule has 0 aliphatic carbocycles. The molecule has 2 N–H and O–H groups in total. The van der Waals surface area contributed by atoms with Gasteiger partial charge in [0.05, 0.1) is 5.39 Å². The molecule has 2 nitrogen and oxygen atoms in total. The first kappa shape index (κ1) is 8.99. The van der Waals surface area contributed by atoms with Gasteiger partial charge in [0.1, 0.15) is 5.75 Å². The van der Waals surface area contributed by atoms with Gasteiger partial charge in [-0.3, -0.25) is 0 Å². The molecule has 0 unspecified atom stereocenters. The molecule has 74 valence electrons. The molecular formula is C10H9F2NO. The molecule has 1 aromatic carbocycles. The van der Waals surface area contributed by atoms with Crippen LogP contribution in [0.25, 0.3) is 10.9 Å². The predicted molar refractivity (Wildman–Crippen MR) is 49.5 cm³/mol. The average Bonchev–Trinajstić information content (AvgIpc) is 2.47. The van der Waals surface area contributed by atoms with Crippen molar-refractivity contribution in [1.82, 2.24) is 4.98 Å². The number of hydrogen-bond acceptors (Lipinski definition) is 1. The number of alkyl halides is 2. The molecule has 0 radical (unpaired) electrons. The molecule has 0 atom stereocenters. The fraction of sp³-hybridized carbons (Fsp3) is 0.200. The number of nitrogens with one attached hydrogen (secondary N) is 1. The number of benzene rings is 1. The van der Waals surface area contributed by atoms with Crippen LogP contribution in [0.15, 0.2) is 24.4 Å². The van der Waals surface area contributed by atoms with E-state index in [0.717, 1.165) is 6.92 Å². The molecule has 0 fully saturated rings. The van der Waals surface area contributed by atoms with Crippen molar-refractivity contribution in [2.45, 2.75) is 12.8 Å². The Hall–Kier alpha value is -1.58. The fourth-order valence-electron chi connectivity index (χ4n) is 1.51. The van der Waals surface area contributed by atoms with Crippen LogP contribution in [0.3, 0.4) is 0 Å². The van der Waals surface area contributed by atoms with E-state index in [4.69, 9.17) is 0 Å². The van der Waals surface area contributed by atoms with E-state index in [1.165, 1.54) is 12.3 Å². The molecule has 1 heterocycles. The zero-order valence-corrected chi connectivity index (χ0v) is 7.51. The second-order valence-corrected chi connectivity index (χ2v) is 3.29. The largest absolute Gasteiger partial charge is 0.507 e. The van der Waals surface area contributed by atoms with Crippen molar-refractivity contribution >= 4 is 10.9 Å². The highest BCUT2D eigenvalue weighted by atomic mass is 19.3. The summed E-state index contributed by atoms with van der Waals surface area (Å²) in [7, 11) is 0. The highest BCUT2D eigenvalue weighted by molar-refractivity contribution is 5.89. The molecular weight excluding hydrogens is 188 g/mol. The summed E-state index contributed by atoms with van der Waals surface area (Å²) < 4.78 is 26.1. The highest BCUT2D eigenvalue weighted by Crippen LogP contribution is 2.37. The third-order valence-electron chi connectivity index (χ3n) is 2.16. The quantitative estimate of drug-likeness (QED) is 0.724. The first-order chi connectivity index (χ1) is 6.50. The maximum Gasteiger partial charge on any atom is 0.272 e. The van der Waals surface area contributed by atoms with Crippen molar-refractivity contribution in [2.24, 2.45) is 0 Å². The van der Waals surface area contributed by atoms with Crippen molar-refractivity contribution in [3.63, 3.8) is 0 Å². The summed E-state index contributed by atoms with van der Waals surface area (Å²) in [4.78, 5) is 2.70. The van der Waals surface area contributed by atoms with Gasteiger partial charge in [-0.25, -0.2) is 8.78 Å². The number of aromatic amines is 1. The number of hydrogen-bond donors (Lipinski definition) is 2. The first-order valence-electron chi connectivity index (χ1n) is 4.17. The molecule has 0 amide bonds. The minimum atomic E-state index is -2.95. The van der Waals surface area contributed by atoms with Gasteiger partial charge in [-0.15, -0.1) is 0 Å². The number of halogens is 2. The van der Waals surface area contributed by atoms with Crippen LogP contribution in [-0.2, 0) is 5.92 Å². The van der Waals surface area contributed by atoms with Gasteiger partial charge in [-0.2, -0.15) is 0 Å². The zero-order chi connectivity index (χ0) is 10.3. The molecule has 2 rings (SSSR count). The van der Waals surface area contributed by atoms with Crippen LogP contribution in [0.4, 0.5) is 8.78 Å². The normalized spacial score (nSPS) is 12.2. The van der Waals surface area contributed by atoms with E-state index >= 15 is 0 Å². The maximum atomic E-state index is 13.1. The van der Waals surface area contributed by atoms with Crippen LogP contribution >= 0.6 is 0 Å². The molecule has 0 aliphatic heterocycles. The Kier molecular flexibility index (Phi) is 1.74. The van der Waals surface area contributed by atoms with Gasteiger partial charge in [-0.1, -0.05) is 6.07 Å². The summed E-state index contributed by atoms with van der Waals surface area (Å²) >= 11 is 0. The maximum absolute atomic E-state index is 13.1. The van der Waals surface area contributed by atoms with E-state index in [9.17, 15) is 13.9 Å². The molecule has 2 aromatic rings. The summed E-state index contributed by atoms with van der Waals surface area (Å²) in [6.45, 7) is 0.808. The van der Waals surface area contributed by atoms with Crippen molar-refractivity contribution in [2.75, 3.05) is 0 Å². The number of phenols is 1. The minimum absolute atomic E-state index is 0.125. The molecule has 1 aromatic heterocycles. The lowest BCUT2D eigenvalue weighted by Gasteiger charge is -2.08. The number of aromatic nitrogens is 1. The molecule has 0 bridgehead atoms. The Bertz CT molecular complexity index is 470. The van der Waals surface area contributed by atoms with Crippen molar-refractivity contribution < 1.29 is 13.9 Å². The van der Waals surface area contributed by atoms with Gasteiger partial charge in [0.2, 0.25) is 0 Å². The number of aromatic hydroxyl groups is 1. The number of H-pyrrole nitrogens is 1. The van der Waals surface area contributed by atoms with Crippen molar-refractivity contribution in [1.29, 1.82) is 0 Å². The lowest BCUT2D eigenvalue weighted by atomic mass is 10.1. The lowest BCUT2D eigenvalue weighted by Crippen LogP contribution is -2.05. The first-order valence-corrected chi connectivity index (χ1v) is 4.17. The Labute approximate surface area is 79.2 Å². The van der Waals surface area contributed by atoms with Gasteiger partial charge in [0.15, 0.2) is 0 Å². The fourth-order valence-corrected chi connectivity index (χ4v) is 1.51. The molecule has 4 heteroatoms. The van der Waals surface area contributed by atoms with E-state index in [1.807, 2.05) is 0 Å². The van der Waals surface area contributed by atoms with Crippen LogP contribution in [0.5, 0.6) is 5.75 Å². The summed E-state index contributed by atoms with van der Waals surface area (Å²) in [5, 5.41) is 9.65. The summed E-state index contributed by atoms with van der Waals surface area (Å²) in [6, 6.07) is 4.64. The number of phenolic OH excluding ortho intramolecular Hbond substituents is 1. The highest BCUT2D eigenvalue weighted by Gasteiger charge is 2.28. The molecule has 0 saturated carbocycles. The molecule has 0 aliphatic rings. The lowest BCUT2D eigenvalue weighted by molar-refractivity contribution is 0.0190. The van der Waals surface area contributed by atoms with Crippen LogP contribution in [0.2, 0.25) is 0 Å². The average molecular weight is 197 g/mol. The van der Waals surface area contributed by atoms with Gasteiger partial charge in [0.25, 0.3) is 5.92 Å². The Morgan fingerprint density at radius 2 is 2.07 bits per heavy atom. The van der Waals surface area contributed by atoms with Crippen LogP contribution < -0.4 is 0 Å². The second kappa shape index (κ2) is 2.70. The molecule has 0 spiro atoms. The van der Waals surface area contributed by atoms with E-state index in [1.54, 1.807) is 12.1 Å². The van der Waals surface area contributed by atoms with Gasteiger partial charge < -0.3 is 10.1 Å². The van der Waals surface area contributed by atoms with E-state index < -0.39 is 5.92 Å². The van der Waals surface area contributed by atoms with E-state index in [2.05, 4.69) is 4.98 Å². The Morgan fingerprint density at radius 1 is 1.36 bits per heavy atom. The molecule has 0 saturated heterocycles. The smallest absolute Gasteiger partial charge is 0.272 e. The van der Waals surface area contributed by atoms with E-state index in [0.29, 0.717) is 5.52 Å². The van der Waals surface area contributed by atoms with E-state index in [-0.39, 0.29) is 16.7 Å². The Morgan fingerprint density at radius 3 is 2.71 bits per heavy atom. The van der Waals surface area contributed by atoms with Crippen molar-refractivity contribution in [3.05, 3.63) is 30.0 Å². The topological polar surface area (TPSA) is 36.0 Å². The van der Waals surface area contributed by atoms with Gasteiger partial charge in [-0.05, 0) is 12.1 Å². The van der Waals surface area contributed by atoms with Crippen molar-refractivity contribution in [3.8, 4) is 5.75 Å². The summed E-state index contributed by atoms with van der Waals surface area (Å²) in [6.07, 6.45) is 1.23. The van der Waals surface area contributed by atoms with Crippen LogP contribution in [0, 0.1) is 0 Å². The zero-order valence-electron chi connectivity index (χ0n) is 7.51.